The van der Waals surface area contributed by atoms with Crippen LogP contribution in [0.5, 0.6) is 5.75 Å². The minimum absolute atomic E-state index is 0.107. The van der Waals surface area contributed by atoms with Gasteiger partial charge in [-0.25, -0.2) is 4.68 Å². The fourth-order valence-corrected chi connectivity index (χ4v) is 4.04. The Hall–Kier alpha value is -3.94. The van der Waals surface area contributed by atoms with Crippen LogP contribution in [0.2, 0.25) is 0 Å². The number of carbonyl (C=O) groups is 1. The van der Waals surface area contributed by atoms with Gasteiger partial charge in [-0.15, -0.1) is 0 Å². The Morgan fingerprint density at radius 3 is 2.60 bits per heavy atom. The van der Waals surface area contributed by atoms with Gasteiger partial charge in [0.05, 0.1) is 17.4 Å². The molecule has 0 saturated carbocycles. The maximum atomic E-state index is 13.2. The Morgan fingerprint density at radius 1 is 1.07 bits per heavy atom. The average Bonchev–Trinajstić information content (AvgIpc) is 3.10. The standard InChI is InChI=1S/C22H19N5O3/c1-25-16-10-6-5-9-15(16)19(24-25)17-13-26(12-14-7-3-2-4-8-14)22(30)20-21(29)18(28)11-23-27(17)20/h2-11,17,29H,12-13H2,1H3. The number of amides is 1. The first kappa shape index (κ1) is 18.1. The van der Waals surface area contributed by atoms with Gasteiger partial charge < -0.3 is 10.0 Å². The van der Waals surface area contributed by atoms with E-state index in [0.717, 1.165) is 28.4 Å². The van der Waals surface area contributed by atoms with Crippen molar-refractivity contribution in [3.63, 3.8) is 0 Å². The molecule has 1 unspecified atom stereocenters. The highest BCUT2D eigenvalue weighted by Crippen LogP contribution is 2.32. The molecule has 30 heavy (non-hydrogen) atoms. The minimum atomic E-state index is -0.680. The van der Waals surface area contributed by atoms with Gasteiger partial charge in [0.15, 0.2) is 11.4 Å². The monoisotopic (exact) mass is 401 g/mol. The third kappa shape index (κ3) is 2.76. The molecule has 150 valence electrons. The fourth-order valence-electron chi connectivity index (χ4n) is 4.04. The van der Waals surface area contributed by atoms with Gasteiger partial charge in [0.1, 0.15) is 6.04 Å². The molecule has 0 spiro atoms. The number of hydrogen-bond donors (Lipinski definition) is 1. The van der Waals surface area contributed by atoms with E-state index in [1.54, 1.807) is 9.58 Å². The van der Waals surface area contributed by atoms with Crippen LogP contribution in [-0.2, 0) is 13.6 Å². The van der Waals surface area contributed by atoms with E-state index < -0.39 is 23.1 Å². The van der Waals surface area contributed by atoms with Gasteiger partial charge in [-0.1, -0.05) is 48.5 Å². The van der Waals surface area contributed by atoms with E-state index in [4.69, 9.17) is 0 Å². The van der Waals surface area contributed by atoms with Crippen molar-refractivity contribution in [3.8, 4) is 5.75 Å². The molecule has 1 amide bonds. The van der Waals surface area contributed by atoms with Gasteiger partial charge in [0, 0.05) is 25.5 Å². The number of carbonyl (C=O) groups excluding carboxylic acids is 1. The highest BCUT2D eigenvalue weighted by molar-refractivity contribution is 5.96. The summed E-state index contributed by atoms with van der Waals surface area (Å²) in [7, 11) is 1.86. The van der Waals surface area contributed by atoms with Gasteiger partial charge in [-0.3, -0.25) is 14.3 Å². The number of hydrogen-bond acceptors (Lipinski definition) is 5. The molecule has 0 bridgehead atoms. The van der Waals surface area contributed by atoms with Crippen LogP contribution in [0.3, 0.4) is 0 Å². The lowest BCUT2D eigenvalue weighted by Gasteiger charge is -2.34. The summed E-state index contributed by atoms with van der Waals surface area (Å²) in [4.78, 5) is 26.8. The van der Waals surface area contributed by atoms with Crippen LogP contribution in [-0.4, -0.2) is 42.0 Å². The number of nitrogens with zero attached hydrogens (tertiary/aromatic N) is 5. The Balaban J connectivity index is 1.68. The lowest BCUT2D eigenvalue weighted by molar-refractivity contribution is 0.0648. The van der Waals surface area contributed by atoms with Crippen LogP contribution in [0.15, 0.2) is 65.6 Å². The predicted molar refractivity (Wildman–Crippen MR) is 110 cm³/mol. The minimum Gasteiger partial charge on any atom is -0.502 e. The molecule has 4 aromatic rings. The molecule has 5 rings (SSSR count). The van der Waals surface area contributed by atoms with Crippen molar-refractivity contribution in [3.05, 3.63) is 88.0 Å². The number of benzene rings is 2. The van der Waals surface area contributed by atoms with Crippen molar-refractivity contribution in [1.29, 1.82) is 0 Å². The van der Waals surface area contributed by atoms with E-state index in [-0.39, 0.29) is 5.69 Å². The molecule has 1 aliphatic rings. The molecule has 1 N–H and O–H groups in total. The molecule has 0 radical (unpaired) electrons. The lowest BCUT2D eigenvalue weighted by Crippen LogP contribution is -2.45. The number of aromatic hydroxyl groups is 1. The zero-order valence-corrected chi connectivity index (χ0v) is 16.3. The topological polar surface area (TPSA) is 93.2 Å². The molecule has 2 aromatic carbocycles. The third-order valence-corrected chi connectivity index (χ3v) is 5.48. The molecule has 1 aliphatic heterocycles. The largest absolute Gasteiger partial charge is 0.502 e. The first-order chi connectivity index (χ1) is 14.5. The lowest BCUT2D eigenvalue weighted by atomic mass is 10.0. The van der Waals surface area contributed by atoms with Crippen LogP contribution in [0.4, 0.5) is 0 Å². The Morgan fingerprint density at radius 2 is 1.80 bits per heavy atom. The summed E-state index contributed by atoms with van der Waals surface area (Å²) in [6.07, 6.45) is 1.04. The average molecular weight is 401 g/mol. The van der Waals surface area contributed by atoms with Crippen LogP contribution < -0.4 is 5.43 Å². The molecule has 8 nitrogen and oxygen atoms in total. The van der Waals surface area contributed by atoms with Crippen LogP contribution in [0.25, 0.3) is 10.9 Å². The second-order valence-corrected chi connectivity index (χ2v) is 7.36. The third-order valence-electron chi connectivity index (χ3n) is 5.48. The normalized spacial score (nSPS) is 16.1. The number of rotatable bonds is 3. The van der Waals surface area contributed by atoms with Gasteiger partial charge in [-0.2, -0.15) is 10.2 Å². The molecular weight excluding hydrogens is 382 g/mol. The molecule has 0 fully saturated rings. The second-order valence-electron chi connectivity index (χ2n) is 7.36. The summed E-state index contributed by atoms with van der Waals surface area (Å²) in [5, 5.41) is 20.3. The summed E-state index contributed by atoms with van der Waals surface area (Å²) < 4.78 is 3.21. The van der Waals surface area contributed by atoms with Crippen molar-refractivity contribution < 1.29 is 9.90 Å². The molecule has 2 aromatic heterocycles. The molecule has 0 aliphatic carbocycles. The SMILES string of the molecule is Cn1nc(C2CN(Cc3ccccc3)C(=O)c3c(O)c(=O)cnn32)c2ccccc21. The van der Waals surface area contributed by atoms with E-state index in [0.29, 0.717) is 13.1 Å². The maximum absolute atomic E-state index is 13.2. The van der Waals surface area contributed by atoms with Crippen LogP contribution >= 0.6 is 0 Å². The predicted octanol–water partition coefficient (Wildman–Crippen LogP) is 2.08. The molecular formula is C22H19N5O3. The van der Waals surface area contributed by atoms with E-state index >= 15 is 0 Å². The van der Waals surface area contributed by atoms with Crippen molar-refractivity contribution in [1.82, 2.24) is 24.5 Å². The molecule has 1 atom stereocenters. The van der Waals surface area contributed by atoms with Crippen molar-refractivity contribution >= 4 is 16.8 Å². The highest BCUT2D eigenvalue weighted by Gasteiger charge is 2.37. The van der Waals surface area contributed by atoms with Crippen LogP contribution in [0, 0.1) is 0 Å². The summed E-state index contributed by atoms with van der Waals surface area (Å²) in [5.74, 6) is -1.02. The zero-order valence-electron chi connectivity index (χ0n) is 16.3. The van der Waals surface area contributed by atoms with Gasteiger partial charge >= 0.3 is 0 Å². The summed E-state index contributed by atoms with van der Waals surface area (Å²) >= 11 is 0. The van der Waals surface area contributed by atoms with E-state index in [1.165, 1.54) is 4.68 Å². The van der Waals surface area contributed by atoms with E-state index in [9.17, 15) is 14.7 Å². The molecule has 3 heterocycles. The molecule has 8 heteroatoms. The highest BCUT2D eigenvalue weighted by atomic mass is 16.3. The second kappa shape index (κ2) is 6.84. The van der Waals surface area contributed by atoms with Gasteiger partial charge in [0.2, 0.25) is 5.43 Å². The Kier molecular flexibility index (Phi) is 4.13. The quantitative estimate of drug-likeness (QED) is 0.567. The maximum Gasteiger partial charge on any atom is 0.276 e. The summed E-state index contributed by atoms with van der Waals surface area (Å²) in [6, 6.07) is 17.0. The van der Waals surface area contributed by atoms with Crippen molar-refractivity contribution in [2.75, 3.05) is 6.54 Å². The number of fused-ring (bicyclic) bond motifs is 2. The first-order valence-electron chi connectivity index (χ1n) is 9.60. The number of aromatic nitrogens is 4. The first-order valence-corrected chi connectivity index (χ1v) is 9.60. The number of aryl methyl sites for hydroxylation is 1. The Bertz CT molecular complexity index is 1330. The molecule has 0 saturated heterocycles. The van der Waals surface area contributed by atoms with Crippen LogP contribution in [0.1, 0.15) is 27.8 Å². The van der Waals surface area contributed by atoms with E-state index in [2.05, 4.69) is 10.2 Å². The Labute approximate surface area is 171 Å². The van der Waals surface area contributed by atoms with E-state index in [1.807, 2.05) is 61.6 Å². The smallest absolute Gasteiger partial charge is 0.276 e. The van der Waals surface area contributed by atoms with Crippen molar-refractivity contribution in [2.45, 2.75) is 12.6 Å². The van der Waals surface area contributed by atoms with Gasteiger partial charge in [0.25, 0.3) is 5.91 Å². The van der Waals surface area contributed by atoms with Crippen molar-refractivity contribution in [2.24, 2.45) is 7.05 Å². The number of para-hydroxylation sites is 1. The summed E-state index contributed by atoms with van der Waals surface area (Å²) in [5.41, 5.74) is 1.85. The summed E-state index contributed by atoms with van der Waals surface area (Å²) in [6.45, 7) is 0.667. The zero-order chi connectivity index (χ0) is 20.8. The fraction of sp³-hybridized carbons (Fsp3) is 0.182. The van der Waals surface area contributed by atoms with Gasteiger partial charge in [-0.05, 0) is 11.6 Å².